The van der Waals surface area contributed by atoms with Crippen LogP contribution < -0.4 is 5.32 Å². The third-order valence-corrected chi connectivity index (χ3v) is 4.09. The van der Waals surface area contributed by atoms with E-state index in [1.807, 2.05) is 0 Å². The second-order valence-electron chi connectivity index (χ2n) is 5.82. The molecule has 3 aromatic rings. The fraction of sp³-hybridized carbons (Fsp3) is 0.167. The zero-order chi connectivity index (χ0) is 18.8. The number of rotatable bonds is 6. The van der Waals surface area contributed by atoms with E-state index in [9.17, 15) is 14.4 Å². The number of carbonyl (C=O) groups is 3. The molecule has 3 amide bonds. The number of imide groups is 1. The molecule has 3 heterocycles. The summed E-state index contributed by atoms with van der Waals surface area (Å²) in [6.45, 7) is 0.184. The Morgan fingerprint density at radius 1 is 1.07 bits per heavy atom. The van der Waals surface area contributed by atoms with Crippen molar-refractivity contribution in [1.29, 1.82) is 0 Å². The molecular formula is C18H14N4O5. The van der Waals surface area contributed by atoms with Crippen LogP contribution in [0.3, 0.4) is 0 Å². The van der Waals surface area contributed by atoms with Crippen molar-refractivity contribution >= 4 is 17.7 Å². The van der Waals surface area contributed by atoms with Gasteiger partial charge >= 0.3 is 0 Å². The fourth-order valence-corrected chi connectivity index (χ4v) is 2.77. The second-order valence-corrected chi connectivity index (χ2v) is 5.82. The highest BCUT2D eigenvalue weighted by atomic mass is 16.5. The van der Waals surface area contributed by atoms with Crippen LogP contribution >= 0.6 is 0 Å². The Morgan fingerprint density at radius 2 is 1.81 bits per heavy atom. The highest BCUT2D eigenvalue weighted by molar-refractivity contribution is 6.21. The van der Waals surface area contributed by atoms with Crippen molar-refractivity contribution in [2.45, 2.75) is 13.0 Å². The van der Waals surface area contributed by atoms with Crippen molar-refractivity contribution in [2.75, 3.05) is 6.54 Å². The third-order valence-electron chi connectivity index (χ3n) is 4.09. The van der Waals surface area contributed by atoms with Crippen molar-refractivity contribution < 1.29 is 23.3 Å². The van der Waals surface area contributed by atoms with Gasteiger partial charge in [0.25, 0.3) is 17.7 Å². The largest absolute Gasteiger partial charge is 0.459 e. The monoisotopic (exact) mass is 366 g/mol. The standard InChI is InChI=1S/C18H14N4O5/c23-16(13-6-3-9-26-13)19-10-15-20-14(21-27-15)7-8-22-17(24)11-4-1-2-5-12(11)18(22)25/h1-6,9H,7-8,10H2,(H,19,23). The lowest BCUT2D eigenvalue weighted by atomic mass is 10.1. The maximum Gasteiger partial charge on any atom is 0.287 e. The van der Waals surface area contributed by atoms with E-state index >= 15 is 0 Å². The van der Waals surface area contributed by atoms with Crippen molar-refractivity contribution in [3.8, 4) is 0 Å². The van der Waals surface area contributed by atoms with E-state index in [-0.39, 0.29) is 43.0 Å². The number of hydrogen-bond acceptors (Lipinski definition) is 7. The van der Waals surface area contributed by atoms with Gasteiger partial charge in [0, 0.05) is 13.0 Å². The van der Waals surface area contributed by atoms with Gasteiger partial charge in [-0.15, -0.1) is 0 Å². The van der Waals surface area contributed by atoms with Crippen LogP contribution in [0.5, 0.6) is 0 Å². The maximum atomic E-state index is 12.3. The van der Waals surface area contributed by atoms with Gasteiger partial charge in [-0.3, -0.25) is 19.3 Å². The first kappa shape index (κ1) is 16.7. The molecule has 1 aliphatic rings. The number of aromatic nitrogens is 2. The molecule has 0 saturated carbocycles. The van der Waals surface area contributed by atoms with E-state index < -0.39 is 5.91 Å². The maximum absolute atomic E-state index is 12.3. The number of hydrogen-bond donors (Lipinski definition) is 1. The second kappa shape index (κ2) is 6.87. The molecule has 136 valence electrons. The van der Waals surface area contributed by atoms with E-state index in [1.165, 1.54) is 17.2 Å². The van der Waals surface area contributed by atoms with E-state index in [4.69, 9.17) is 8.94 Å². The summed E-state index contributed by atoms with van der Waals surface area (Å²) in [5.41, 5.74) is 0.800. The van der Waals surface area contributed by atoms with Crippen molar-refractivity contribution in [2.24, 2.45) is 0 Å². The number of carbonyl (C=O) groups excluding carboxylic acids is 3. The van der Waals surface area contributed by atoms with Gasteiger partial charge in [0.15, 0.2) is 11.6 Å². The van der Waals surface area contributed by atoms with Gasteiger partial charge in [0.1, 0.15) is 0 Å². The van der Waals surface area contributed by atoms with Gasteiger partial charge in [-0.05, 0) is 24.3 Å². The molecule has 0 atom stereocenters. The average molecular weight is 366 g/mol. The average Bonchev–Trinajstić information content (AvgIpc) is 3.41. The van der Waals surface area contributed by atoms with Crippen molar-refractivity contribution in [3.05, 3.63) is 71.3 Å². The molecule has 2 aromatic heterocycles. The summed E-state index contributed by atoms with van der Waals surface area (Å²) in [5, 5.41) is 6.40. The molecule has 0 aliphatic carbocycles. The lowest BCUT2D eigenvalue weighted by Gasteiger charge is -2.11. The van der Waals surface area contributed by atoms with Crippen molar-refractivity contribution in [3.63, 3.8) is 0 Å². The zero-order valence-electron chi connectivity index (χ0n) is 14.0. The third kappa shape index (κ3) is 3.22. The molecule has 0 bridgehead atoms. The molecule has 4 rings (SSSR count). The van der Waals surface area contributed by atoms with Crippen LogP contribution in [0, 0.1) is 0 Å². The van der Waals surface area contributed by atoms with Crippen LogP contribution in [-0.2, 0) is 13.0 Å². The molecule has 1 N–H and O–H groups in total. The minimum absolute atomic E-state index is 0.0412. The zero-order valence-corrected chi connectivity index (χ0v) is 14.0. The number of benzene rings is 1. The van der Waals surface area contributed by atoms with Crippen molar-refractivity contribution in [1.82, 2.24) is 20.4 Å². The van der Waals surface area contributed by atoms with Crippen LogP contribution in [0.25, 0.3) is 0 Å². The van der Waals surface area contributed by atoms with Gasteiger partial charge in [-0.1, -0.05) is 17.3 Å². The molecule has 0 spiro atoms. The lowest BCUT2D eigenvalue weighted by Crippen LogP contribution is -2.32. The Labute approximate surface area is 153 Å². The number of fused-ring (bicyclic) bond motifs is 1. The van der Waals surface area contributed by atoms with Crippen LogP contribution in [0.4, 0.5) is 0 Å². The smallest absolute Gasteiger partial charge is 0.287 e. The van der Waals surface area contributed by atoms with Crippen LogP contribution in [0.2, 0.25) is 0 Å². The first-order chi connectivity index (χ1) is 13.1. The van der Waals surface area contributed by atoms with E-state index in [1.54, 1.807) is 30.3 Å². The predicted molar refractivity (Wildman–Crippen MR) is 89.7 cm³/mol. The lowest BCUT2D eigenvalue weighted by molar-refractivity contribution is 0.0655. The molecule has 27 heavy (non-hydrogen) atoms. The molecule has 0 unspecified atom stereocenters. The minimum atomic E-state index is -0.397. The summed E-state index contributed by atoms with van der Waals surface area (Å²) >= 11 is 0. The summed E-state index contributed by atoms with van der Waals surface area (Å²) in [6, 6.07) is 9.84. The van der Waals surface area contributed by atoms with Crippen LogP contribution in [0.1, 0.15) is 43.0 Å². The SMILES string of the molecule is O=C(NCc1nc(CCN2C(=O)c3ccccc3C2=O)no1)c1ccco1. The van der Waals surface area contributed by atoms with E-state index in [2.05, 4.69) is 15.5 Å². The number of furan rings is 1. The van der Waals surface area contributed by atoms with Gasteiger partial charge in [-0.2, -0.15) is 4.98 Å². The number of nitrogens with one attached hydrogen (secondary N) is 1. The van der Waals surface area contributed by atoms with E-state index in [0.717, 1.165) is 0 Å². The Balaban J connectivity index is 1.33. The first-order valence-electron chi connectivity index (χ1n) is 8.22. The molecule has 9 heteroatoms. The number of amides is 3. The Hall–Kier alpha value is -3.75. The first-order valence-corrected chi connectivity index (χ1v) is 8.22. The van der Waals surface area contributed by atoms with Gasteiger partial charge in [0.05, 0.1) is 23.9 Å². The Bertz CT molecular complexity index is 973. The summed E-state index contributed by atoms with van der Waals surface area (Å²) in [7, 11) is 0. The molecule has 1 aromatic carbocycles. The van der Waals surface area contributed by atoms with Gasteiger partial charge in [-0.25, -0.2) is 0 Å². The summed E-state index contributed by atoms with van der Waals surface area (Å²) in [4.78, 5) is 41.7. The summed E-state index contributed by atoms with van der Waals surface area (Å²) in [6.07, 6.45) is 1.65. The fourth-order valence-electron chi connectivity index (χ4n) is 2.77. The minimum Gasteiger partial charge on any atom is -0.459 e. The van der Waals surface area contributed by atoms with Crippen LogP contribution in [-0.4, -0.2) is 39.3 Å². The number of nitrogens with zero attached hydrogens (tertiary/aromatic N) is 3. The Kier molecular flexibility index (Phi) is 4.25. The molecular weight excluding hydrogens is 352 g/mol. The molecule has 1 aliphatic heterocycles. The highest BCUT2D eigenvalue weighted by Crippen LogP contribution is 2.22. The quantitative estimate of drug-likeness (QED) is 0.656. The normalized spacial score (nSPS) is 13.1. The topological polar surface area (TPSA) is 119 Å². The van der Waals surface area contributed by atoms with Gasteiger partial charge < -0.3 is 14.3 Å². The molecule has 0 radical (unpaired) electrons. The summed E-state index contributed by atoms with van der Waals surface area (Å²) < 4.78 is 10.1. The molecule has 0 saturated heterocycles. The predicted octanol–water partition coefficient (Wildman–Crippen LogP) is 1.43. The van der Waals surface area contributed by atoms with E-state index in [0.29, 0.717) is 17.0 Å². The molecule has 0 fully saturated rings. The van der Waals surface area contributed by atoms with Crippen LogP contribution in [0.15, 0.2) is 51.6 Å². The Morgan fingerprint density at radius 3 is 2.48 bits per heavy atom. The highest BCUT2D eigenvalue weighted by Gasteiger charge is 2.34. The summed E-state index contributed by atoms with van der Waals surface area (Å²) in [5.74, 6) is -0.317. The molecule has 9 nitrogen and oxygen atoms in total. The van der Waals surface area contributed by atoms with Gasteiger partial charge in [0.2, 0.25) is 5.89 Å².